The highest BCUT2D eigenvalue weighted by Crippen LogP contribution is 2.14. The van der Waals surface area contributed by atoms with Gasteiger partial charge in [0.1, 0.15) is 0 Å². The molecule has 0 radical (unpaired) electrons. The standard InChI is InChI=1S/C12H21N3O/c13-4-5-14-6-8-15(9-7-14)11-12-3-1-2-10-16-12/h12H,1-3,5-11H2. The van der Waals surface area contributed by atoms with Crippen LogP contribution in [-0.2, 0) is 4.74 Å². The second kappa shape index (κ2) is 6.19. The van der Waals surface area contributed by atoms with Gasteiger partial charge in [0.25, 0.3) is 0 Å². The van der Waals surface area contributed by atoms with Crippen molar-refractivity contribution in [2.45, 2.75) is 25.4 Å². The summed E-state index contributed by atoms with van der Waals surface area (Å²) in [5, 5.41) is 8.62. The van der Waals surface area contributed by atoms with Crippen LogP contribution in [0.1, 0.15) is 19.3 Å². The van der Waals surface area contributed by atoms with Crippen molar-refractivity contribution in [3.8, 4) is 6.07 Å². The molecule has 0 aromatic carbocycles. The molecule has 2 saturated heterocycles. The summed E-state index contributed by atoms with van der Waals surface area (Å²) in [6, 6.07) is 2.22. The minimum absolute atomic E-state index is 0.455. The number of hydrogen-bond acceptors (Lipinski definition) is 4. The van der Waals surface area contributed by atoms with Crippen LogP contribution < -0.4 is 0 Å². The zero-order valence-corrected chi connectivity index (χ0v) is 9.90. The van der Waals surface area contributed by atoms with Gasteiger partial charge in [0.05, 0.1) is 18.7 Å². The smallest absolute Gasteiger partial charge is 0.0866 e. The van der Waals surface area contributed by atoms with Crippen LogP contribution in [0.5, 0.6) is 0 Å². The minimum atomic E-state index is 0.455. The van der Waals surface area contributed by atoms with Crippen LogP contribution in [0.2, 0.25) is 0 Å². The van der Waals surface area contributed by atoms with Crippen LogP contribution >= 0.6 is 0 Å². The van der Waals surface area contributed by atoms with Crippen molar-refractivity contribution in [1.82, 2.24) is 9.80 Å². The SMILES string of the molecule is N#CCN1CCN(CC2CCCCO2)CC1. The molecule has 2 aliphatic rings. The van der Waals surface area contributed by atoms with E-state index in [-0.39, 0.29) is 0 Å². The first-order valence-corrected chi connectivity index (χ1v) is 6.32. The summed E-state index contributed by atoms with van der Waals surface area (Å²) >= 11 is 0. The lowest BCUT2D eigenvalue weighted by Crippen LogP contribution is -2.49. The maximum atomic E-state index is 8.62. The quantitative estimate of drug-likeness (QED) is 0.660. The van der Waals surface area contributed by atoms with E-state index < -0.39 is 0 Å². The topological polar surface area (TPSA) is 39.5 Å². The van der Waals surface area contributed by atoms with E-state index in [0.29, 0.717) is 12.6 Å². The molecule has 0 N–H and O–H groups in total. The molecular formula is C12H21N3O. The maximum Gasteiger partial charge on any atom is 0.0866 e. The molecule has 4 heteroatoms. The van der Waals surface area contributed by atoms with Crippen molar-refractivity contribution >= 4 is 0 Å². The summed E-state index contributed by atoms with van der Waals surface area (Å²) < 4.78 is 5.75. The molecule has 4 nitrogen and oxygen atoms in total. The van der Waals surface area contributed by atoms with Crippen molar-refractivity contribution in [3.63, 3.8) is 0 Å². The van der Waals surface area contributed by atoms with Crippen molar-refractivity contribution in [2.24, 2.45) is 0 Å². The molecular weight excluding hydrogens is 202 g/mol. The second-order valence-electron chi connectivity index (χ2n) is 4.72. The highest BCUT2D eigenvalue weighted by molar-refractivity contribution is 4.82. The van der Waals surface area contributed by atoms with Gasteiger partial charge in [-0.1, -0.05) is 0 Å². The predicted octanol–water partition coefficient (Wildman–Crippen LogP) is 0.697. The molecule has 1 unspecified atom stereocenters. The number of hydrogen-bond donors (Lipinski definition) is 0. The summed E-state index contributed by atoms with van der Waals surface area (Å²) in [5.41, 5.74) is 0. The molecule has 0 aliphatic carbocycles. The third-order valence-corrected chi connectivity index (χ3v) is 3.50. The number of piperazine rings is 1. The zero-order valence-electron chi connectivity index (χ0n) is 9.90. The number of nitriles is 1. The lowest BCUT2D eigenvalue weighted by molar-refractivity contribution is -0.0133. The Labute approximate surface area is 97.8 Å². The van der Waals surface area contributed by atoms with E-state index in [0.717, 1.165) is 39.3 Å². The molecule has 0 amide bonds. The monoisotopic (exact) mass is 223 g/mol. The molecule has 0 spiro atoms. The Balaban J connectivity index is 1.66. The fraction of sp³-hybridized carbons (Fsp3) is 0.917. The molecule has 90 valence electrons. The highest BCUT2D eigenvalue weighted by atomic mass is 16.5. The van der Waals surface area contributed by atoms with E-state index in [4.69, 9.17) is 10.00 Å². The number of ether oxygens (including phenoxy) is 1. The highest BCUT2D eigenvalue weighted by Gasteiger charge is 2.21. The molecule has 1 atom stereocenters. The van der Waals surface area contributed by atoms with Crippen molar-refractivity contribution < 1.29 is 4.74 Å². The average molecular weight is 223 g/mol. The molecule has 0 aromatic rings. The van der Waals surface area contributed by atoms with Crippen molar-refractivity contribution in [2.75, 3.05) is 45.9 Å². The molecule has 0 bridgehead atoms. The van der Waals surface area contributed by atoms with Crippen molar-refractivity contribution in [3.05, 3.63) is 0 Å². The lowest BCUT2D eigenvalue weighted by Gasteiger charge is -2.36. The van der Waals surface area contributed by atoms with Gasteiger partial charge in [0.15, 0.2) is 0 Å². The van der Waals surface area contributed by atoms with Crippen LogP contribution in [0.4, 0.5) is 0 Å². The van der Waals surface area contributed by atoms with Gasteiger partial charge in [-0.2, -0.15) is 5.26 Å². The summed E-state index contributed by atoms with van der Waals surface area (Å²) in [6.45, 7) is 6.83. The largest absolute Gasteiger partial charge is 0.377 e. The van der Waals surface area contributed by atoms with E-state index >= 15 is 0 Å². The van der Waals surface area contributed by atoms with Gasteiger partial charge in [0.2, 0.25) is 0 Å². The molecule has 0 saturated carbocycles. The van der Waals surface area contributed by atoms with E-state index in [9.17, 15) is 0 Å². The maximum absolute atomic E-state index is 8.62. The zero-order chi connectivity index (χ0) is 11.2. The number of nitrogens with zero attached hydrogens (tertiary/aromatic N) is 3. The van der Waals surface area contributed by atoms with Crippen LogP contribution in [0.15, 0.2) is 0 Å². The Morgan fingerprint density at radius 2 is 1.88 bits per heavy atom. The Morgan fingerprint density at radius 1 is 1.12 bits per heavy atom. The van der Waals surface area contributed by atoms with Gasteiger partial charge < -0.3 is 4.74 Å². The van der Waals surface area contributed by atoms with Crippen LogP contribution in [0.3, 0.4) is 0 Å². The predicted molar refractivity (Wildman–Crippen MR) is 62.1 cm³/mol. The molecule has 0 aromatic heterocycles. The van der Waals surface area contributed by atoms with Crippen LogP contribution in [0, 0.1) is 11.3 Å². The fourth-order valence-electron chi connectivity index (χ4n) is 2.47. The first-order chi connectivity index (χ1) is 7.88. The van der Waals surface area contributed by atoms with E-state index in [1.54, 1.807) is 0 Å². The van der Waals surface area contributed by atoms with E-state index in [1.165, 1.54) is 19.3 Å². The van der Waals surface area contributed by atoms with Gasteiger partial charge in [-0.3, -0.25) is 9.80 Å². The Hall–Kier alpha value is -0.630. The third kappa shape index (κ3) is 3.44. The molecule has 2 fully saturated rings. The van der Waals surface area contributed by atoms with Gasteiger partial charge in [-0.05, 0) is 19.3 Å². The van der Waals surface area contributed by atoms with Crippen LogP contribution in [0.25, 0.3) is 0 Å². The first kappa shape index (κ1) is 11.8. The Kier molecular flexibility index (Phi) is 4.58. The summed E-state index contributed by atoms with van der Waals surface area (Å²) in [5.74, 6) is 0. The van der Waals surface area contributed by atoms with Gasteiger partial charge in [-0.15, -0.1) is 0 Å². The Bertz CT molecular complexity index is 237. The summed E-state index contributed by atoms with van der Waals surface area (Å²) in [6.07, 6.45) is 4.22. The third-order valence-electron chi connectivity index (χ3n) is 3.50. The average Bonchev–Trinajstić information content (AvgIpc) is 2.33. The second-order valence-corrected chi connectivity index (χ2v) is 4.72. The van der Waals surface area contributed by atoms with E-state index in [1.807, 2.05) is 0 Å². The molecule has 2 rings (SSSR count). The lowest BCUT2D eigenvalue weighted by atomic mass is 10.1. The normalized spacial score (nSPS) is 28.8. The molecule has 2 aliphatic heterocycles. The van der Waals surface area contributed by atoms with E-state index in [2.05, 4.69) is 15.9 Å². The Morgan fingerprint density at radius 3 is 2.50 bits per heavy atom. The van der Waals surface area contributed by atoms with Gasteiger partial charge in [0, 0.05) is 39.3 Å². The fourth-order valence-corrected chi connectivity index (χ4v) is 2.47. The van der Waals surface area contributed by atoms with Gasteiger partial charge >= 0.3 is 0 Å². The van der Waals surface area contributed by atoms with Gasteiger partial charge in [-0.25, -0.2) is 0 Å². The summed E-state index contributed by atoms with van der Waals surface area (Å²) in [4.78, 5) is 4.70. The molecule has 2 heterocycles. The summed E-state index contributed by atoms with van der Waals surface area (Å²) in [7, 11) is 0. The minimum Gasteiger partial charge on any atom is -0.377 e. The molecule has 16 heavy (non-hydrogen) atoms. The first-order valence-electron chi connectivity index (χ1n) is 6.32. The number of rotatable bonds is 3. The van der Waals surface area contributed by atoms with Crippen molar-refractivity contribution in [1.29, 1.82) is 5.26 Å². The van der Waals surface area contributed by atoms with Crippen LogP contribution in [-0.4, -0.2) is 61.8 Å².